The Morgan fingerprint density at radius 3 is 2.61 bits per heavy atom. The van der Waals surface area contributed by atoms with Crippen LogP contribution in [0.2, 0.25) is 0 Å². The summed E-state index contributed by atoms with van der Waals surface area (Å²) in [5.74, 6) is 0.634. The third-order valence-corrected chi connectivity index (χ3v) is 4.28. The van der Waals surface area contributed by atoms with Gasteiger partial charge in [0.1, 0.15) is 0 Å². The number of H-pyrrole nitrogens is 1. The number of hydrogen-bond acceptors (Lipinski definition) is 5. The molecule has 1 aromatic heterocycles. The fraction of sp³-hybridized carbons (Fsp3) is 0.250. The molecule has 0 atom stereocenters. The van der Waals surface area contributed by atoms with Gasteiger partial charge in [0.05, 0.1) is 26.3 Å². The Hall–Kier alpha value is -3.55. The molecule has 0 bridgehead atoms. The van der Waals surface area contributed by atoms with Crippen molar-refractivity contribution in [3.63, 3.8) is 0 Å². The number of hydrogen-bond donors (Lipinski definition) is 3. The number of para-hydroxylation sites is 1. The van der Waals surface area contributed by atoms with E-state index in [1.807, 2.05) is 36.4 Å². The lowest BCUT2D eigenvalue weighted by Gasteiger charge is -2.10. The lowest BCUT2D eigenvalue weighted by atomic mass is 10.1. The van der Waals surface area contributed by atoms with E-state index in [0.29, 0.717) is 29.9 Å². The van der Waals surface area contributed by atoms with Gasteiger partial charge in [-0.3, -0.25) is 14.7 Å². The van der Waals surface area contributed by atoms with Crippen molar-refractivity contribution in [2.45, 2.75) is 6.42 Å². The van der Waals surface area contributed by atoms with Crippen molar-refractivity contribution in [1.82, 2.24) is 20.8 Å². The second-order valence-corrected chi connectivity index (χ2v) is 6.09. The summed E-state index contributed by atoms with van der Waals surface area (Å²) in [6.45, 7) is 0.321. The molecule has 0 aliphatic rings. The first-order chi connectivity index (χ1) is 13.6. The van der Waals surface area contributed by atoms with Crippen molar-refractivity contribution in [2.75, 3.05) is 27.3 Å². The number of nitrogens with one attached hydrogen (secondary N) is 3. The van der Waals surface area contributed by atoms with Crippen LogP contribution >= 0.6 is 0 Å². The van der Waals surface area contributed by atoms with Crippen LogP contribution in [-0.4, -0.2) is 49.3 Å². The summed E-state index contributed by atoms with van der Waals surface area (Å²) in [4.78, 5) is 24.2. The molecule has 0 spiro atoms. The number of carbonyl (C=O) groups is 2. The van der Waals surface area contributed by atoms with Crippen LogP contribution in [0.15, 0.2) is 42.5 Å². The lowest BCUT2D eigenvalue weighted by Crippen LogP contribution is -2.37. The van der Waals surface area contributed by atoms with Crippen molar-refractivity contribution in [1.29, 1.82) is 0 Å². The summed E-state index contributed by atoms with van der Waals surface area (Å²) in [5, 5.41) is 12.9. The zero-order chi connectivity index (χ0) is 19.9. The molecule has 2 aromatic carbocycles. The molecular formula is C20H22N4O4. The molecule has 3 N–H and O–H groups in total. The summed E-state index contributed by atoms with van der Waals surface area (Å²) in [7, 11) is 3.16. The van der Waals surface area contributed by atoms with Crippen molar-refractivity contribution in [3.8, 4) is 11.5 Å². The van der Waals surface area contributed by atoms with E-state index in [0.717, 1.165) is 11.1 Å². The number of aromatic amines is 1. The highest BCUT2D eigenvalue weighted by Gasteiger charge is 2.14. The quantitative estimate of drug-likeness (QED) is 0.550. The molecule has 2 amide bonds. The summed E-state index contributed by atoms with van der Waals surface area (Å²) in [5.41, 5.74) is 2.05. The van der Waals surface area contributed by atoms with Gasteiger partial charge < -0.3 is 20.1 Å². The summed E-state index contributed by atoms with van der Waals surface area (Å²) >= 11 is 0. The van der Waals surface area contributed by atoms with E-state index in [1.54, 1.807) is 20.3 Å². The number of aromatic nitrogens is 2. The molecule has 8 heteroatoms. The maximum Gasteiger partial charge on any atom is 0.272 e. The Morgan fingerprint density at radius 2 is 1.82 bits per heavy atom. The molecule has 3 aromatic rings. The molecule has 0 saturated carbocycles. The Morgan fingerprint density at radius 1 is 1.04 bits per heavy atom. The summed E-state index contributed by atoms with van der Waals surface area (Å²) in [6.07, 6.45) is 0.629. The minimum atomic E-state index is -0.396. The Labute approximate surface area is 162 Å². The molecule has 3 rings (SSSR count). The fourth-order valence-electron chi connectivity index (χ4n) is 2.83. The SMILES string of the molecule is COc1ccc(CCNC(=O)CNC(=O)c2n[nH]c3ccccc23)cc1OC. The number of amides is 2. The van der Waals surface area contributed by atoms with Gasteiger partial charge in [-0.15, -0.1) is 0 Å². The maximum absolute atomic E-state index is 12.3. The van der Waals surface area contributed by atoms with E-state index in [1.165, 1.54) is 0 Å². The number of nitrogens with zero attached hydrogens (tertiary/aromatic N) is 1. The Kier molecular flexibility index (Phi) is 6.11. The van der Waals surface area contributed by atoms with E-state index in [-0.39, 0.29) is 18.1 Å². The van der Waals surface area contributed by atoms with Crippen LogP contribution in [0.4, 0.5) is 0 Å². The zero-order valence-corrected chi connectivity index (χ0v) is 15.7. The standard InChI is InChI=1S/C20H22N4O4/c1-27-16-8-7-13(11-17(16)28-2)9-10-21-18(25)12-22-20(26)19-14-5-3-4-6-15(14)23-24-19/h3-8,11H,9-10,12H2,1-2H3,(H,21,25)(H,22,26)(H,23,24). The monoisotopic (exact) mass is 382 g/mol. The summed E-state index contributed by atoms with van der Waals surface area (Å²) in [6, 6.07) is 12.9. The van der Waals surface area contributed by atoms with Crippen LogP contribution in [0, 0.1) is 0 Å². The van der Waals surface area contributed by atoms with Crippen LogP contribution in [0.25, 0.3) is 10.9 Å². The van der Waals surface area contributed by atoms with E-state index < -0.39 is 5.91 Å². The highest BCUT2D eigenvalue weighted by Crippen LogP contribution is 2.27. The first-order valence-electron chi connectivity index (χ1n) is 8.81. The van der Waals surface area contributed by atoms with Crippen LogP contribution in [0.1, 0.15) is 16.1 Å². The topological polar surface area (TPSA) is 105 Å². The van der Waals surface area contributed by atoms with Crippen LogP contribution in [0.5, 0.6) is 11.5 Å². The number of fused-ring (bicyclic) bond motifs is 1. The van der Waals surface area contributed by atoms with Gasteiger partial charge in [-0.05, 0) is 30.2 Å². The molecule has 0 radical (unpaired) electrons. The van der Waals surface area contributed by atoms with Crippen LogP contribution in [0.3, 0.4) is 0 Å². The molecule has 146 valence electrons. The highest BCUT2D eigenvalue weighted by molar-refractivity contribution is 6.05. The molecule has 0 unspecified atom stereocenters. The van der Waals surface area contributed by atoms with Crippen molar-refractivity contribution >= 4 is 22.7 Å². The molecule has 0 aliphatic heterocycles. The minimum absolute atomic E-state index is 0.119. The number of carbonyl (C=O) groups excluding carboxylic acids is 2. The van der Waals surface area contributed by atoms with Crippen LogP contribution in [-0.2, 0) is 11.2 Å². The molecular weight excluding hydrogens is 360 g/mol. The maximum atomic E-state index is 12.3. The zero-order valence-electron chi connectivity index (χ0n) is 15.7. The predicted octanol–water partition coefficient (Wildman–Crippen LogP) is 1.67. The fourth-order valence-corrected chi connectivity index (χ4v) is 2.83. The van der Waals surface area contributed by atoms with Crippen LogP contribution < -0.4 is 20.1 Å². The van der Waals surface area contributed by atoms with Crippen molar-refractivity contribution in [2.24, 2.45) is 0 Å². The van der Waals surface area contributed by atoms with Gasteiger partial charge in [0, 0.05) is 11.9 Å². The highest BCUT2D eigenvalue weighted by atomic mass is 16.5. The van der Waals surface area contributed by atoms with Gasteiger partial charge >= 0.3 is 0 Å². The number of benzene rings is 2. The van der Waals surface area contributed by atoms with Gasteiger partial charge in [0.15, 0.2) is 17.2 Å². The van der Waals surface area contributed by atoms with Gasteiger partial charge in [-0.25, -0.2) is 0 Å². The van der Waals surface area contributed by atoms with Gasteiger partial charge in [0.2, 0.25) is 5.91 Å². The third kappa shape index (κ3) is 4.40. The van der Waals surface area contributed by atoms with E-state index >= 15 is 0 Å². The average molecular weight is 382 g/mol. The number of methoxy groups -OCH3 is 2. The van der Waals surface area contributed by atoms with Crippen molar-refractivity contribution in [3.05, 3.63) is 53.7 Å². The second kappa shape index (κ2) is 8.90. The molecule has 28 heavy (non-hydrogen) atoms. The Bertz CT molecular complexity index is 983. The molecule has 8 nitrogen and oxygen atoms in total. The Balaban J connectivity index is 1.46. The third-order valence-electron chi connectivity index (χ3n) is 4.28. The predicted molar refractivity (Wildman–Crippen MR) is 105 cm³/mol. The number of rotatable bonds is 8. The lowest BCUT2D eigenvalue weighted by molar-refractivity contribution is -0.120. The van der Waals surface area contributed by atoms with Gasteiger partial charge in [0.25, 0.3) is 5.91 Å². The van der Waals surface area contributed by atoms with Gasteiger partial charge in [-0.1, -0.05) is 24.3 Å². The second-order valence-electron chi connectivity index (χ2n) is 6.09. The van der Waals surface area contributed by atoms with Crippen molar-refractivity contribution < 1.29 is 19.1 Å². The number of ether oxygens (including phenoxy) is 2. The molecule has 0 fully saturated rings. The minimum Gasteiger partial charge on any atom is -0.493 e. The summed E-state index contributed by atoms with van der Waals surface area (Å²) < 4.78 is 10.5. The smallest absolute Gasteiger partial charge is 0.272 e. The first-order valence-corrected chi connectivity index (χ1v) is 8.81. The average Bonchev–Trinajstić information content (AvgIpc) is 3.16. The first kappa shape index (κ1) is 19.2. The largest absolute Gasteiger partial charge is 0.493 e. The molecule has 0 saturated heterocycles. The normalized spacial score (nSPS) is 10.5. The van der Waals surface area contributed by atoms with E-state index in [2.05, 4.69) is 20.8 Å². The molecule has 0 aliphatic carbocycles. The van der Waals surface area contributed by atoms with Gasteiger partial charge in [-0.2, -0.15) is 5.10 Å². The molecule has 1 heterocycles. The van der Waals surface area contributed by atoms with E-state index in [9.17, 15) is 9.59 Å². The van der Waals surface area contributed by atoms with E-state index in [4.69, 9.17) is 9.47 Å².